The normalized spacial score (nSPS) is 21.2. The van der Waals surface area contributed by atoms with Crippen LogP contribution in [0.15, 0.2) is 29.2 Å². The summed E-state index contributed by atoms with van der Waals surface area (Å²) in [5.74, 6) is 5.70. The maximum atomic E-state index is 13.7. The maximum Gasteiger partial charge on any atom is 0.327 e. The fraction of sp³-hybridized carbons (Fsp3) is 0.625. The molecule has 0 aromatic heterocycles. The van der Waals surface area contributed by atoms with E-state index in [0.717, 1.165) is 12.8 Å². The molecule has 1 atom stereocenters. The second kappa shape index (κ2) is 10.7. The summed E-state index contributed by atoms with van der Waals surface area (Å²) in [6.45, 7) is 9.39. The van der Waals surface area contributed by atoms with Gasteiger partial charge in [0.1, 0.15) is 12.4 Å². The fourth-order valence-electron chi connectivity index (χ4n) is 4.64. The molecule has 0 radical (unpaired) electrons. The van der Waals surface area contributed by atoms with E-state index in [9.17, 15) is 18.3 Å². The topological polar surface area (TPSA) is 104 Å². The predicted octanol–water partition coefficient (Wildman–Crippen LogP) is 3.62. The minimum absolute atomic E-state index is 0.0301. The lowest BCUT2D eigenvalue weighted by molar-refractivity contribution is -0.158. The lowest BCUT2D eigenvalue weighted by atomic mass is 9.66. The van der Waals surface area contributed by atoms with Crippen molar-refractivity contribution >= 4 is 27.8 Å². The molecule has 0 aliphatic carbocycles. The van der Waals surface area contributed by atoms with Crippen LogP contribution in [0.3, 0.4) is 0 Å². The number of aliphatic carboxylic acids is 1. The van der Waals surface area contributed by atoms with Gasteiger partial charge in [0.05, 0.1) is 4.90 Å². The molecule has 184 valence electrons. The highest BCUT2D eigenvalue weighted by Crippen LogP contribution is 2.54. The molecule has 1 fully saturated rings. The van der Waals surface area contributed by atoms with E-state index in [2.05, 4.69) is 11.8 Å². The summed E-state index contributed by atoms with van der Waals surface area (Å²) in [5, 5.41) is 19.2. The molecule has 1 aromatic carbocycles. The Balaban J connectivity index is 2.30. The van der Waals surface area contributed by atoms with Gasteiger partial charge >= 0.3 is 5.97 Å². The third-order valence-corrected chi connectivity index (χ3v) is 9.26. The van der Waals surface area contributed by atoms with E-state index >= 15 is 0 Å². The Labute approximate surface area is 202 Å². The van der Waals surface area contributed by atoms with Crippen molar-refractivity contribution in [1.82, 2.24) is 4.31 Å². The molecule has 0 unspecified atom stereocenters. The number of hydrogen-bond donors (Lipinski definition) is 2. The van der Waals surface area contributed by atoms with Gasteiger partial charge in [-0.1, -0.05) is 32.6 Å². The summed E-state index contributed by atoms with van der Waals surface area (Å²) in [4.78, 5) is 12.8. The summed E-state index contributed by atoms with van der Waals surface area (Å²) in [6.07, 6.45) is 2.23. The van der Waals surface area contributed by atoms with Gasteiger partial charge in [-0.15, -0.1) is 0 Å². The van der Waals surface area contributed by atoms with Crippen LogP contribution in [0.4, 0.5) is 0 Å². The lowest BCUT2D eigenvalue weighted by Gasteiger charge is -2.58. The van der Waals surface area contributed by atoms with Crippen LogP contribution in [-0.4, -0.2) is 64.7 Å². The molecule has 2 N–H and O–H groups in total. The van der Waals surface area contributed by atoms with Crippen LogP contribution in [0, 0.1) is 17.3 Å². The molecular weight excluding hydrogens is 462 g/mol. The Bertz CT molecular complexity index is 987. The summed E-state index contributed by atoms with van der Waals surface area (Å²) in [6, 6.07) is 6.01. The van der Waals surface area contributed by atoms with E-state index in [1.165, 1.54) is 28.2 Å². The first-order chi connectivity index (χ1) is 15.3. The van der Waals surface area contributed by atoms with Crippen LogP contribution in [-0.2, 0) is 14.8 Å². The molecule has 1 aliphatic rings. The van der Waals surface area contributed by atoms with Crippen molar-refractivity contribution < 1.29 is 28.2 Å². The number of ether oxygens (including phenoxy) is 1. The minimum Gasteiger partial charge on any atom is -0.481 e. The van der Waals surface area contributed by atoms with E-state index in [4.69, 9.17) is 9.84 Å². The van der Waals surface area contributed by atoms with E-state index < -0.39 is 31.7 Å². The SMILES string of the molecule is CC(C)(C)[C@@]1(C(=O)O)N(S(=O)(=O)c2ccc(OCC#CCCCCO)cc2)CCSC1(C)C. The highest BCUT2D eigenvalue weighted by atomic mass is 32.2. The van der Waals surface area contributed by atoms with Crippen LogP contribution in [0.5, 0.6) is 5.75 Å². The van der Waals surface area contributed by atoms with Gasteiger partial charge in [0.2, 0.25) is 10.0 Å². The number of sulfonamides is 1. The zero-order chi connectivity index (χ0) is 24.9. The number of rotatable bonds is 8. The maximum absolute atomic E-state index is 13.7. The lowest BCUT2D eigenvalue weighted by Crippen LogP contribution is -2.75. The van der Waals surface area contributed by atoms with E-state index in [0.29, 0.717) is 17.9 Å². The second-order valence-electron chi connectivity index (χ2n) is 9.50. The molecule has 33 heavy (non-hydrogen) atoms. The first-order valence-corrected chi connectivity index (χ1v) is 13.4. The third-order valence-electron chi connectivity index (χ3n) is 5.96. The molecule has 9 heteroatoms. The predicted molar refractivity (Wildman–Crippen MR) is 131 cm³/mol. The first-order valence-electron chi connectivity index (χ1n) is 11.0. The summed E-state index contributed by atoms with van der Waals surface area (Å²) in [7, 11) is -4.09. The molecular formula is C24H35NO6S2. The largest absolute Gasteiger partial charge is 0.481 e. The van der Waals surface area contributed by atoms with Crippen molar-refractivity contribution in [2.75, 3.05) is 25.5 Å². The third kappa shape index (κ3) is 5.51. The summed E-state index contributed by atoms with van der Waals surface area (Å²) in [5.41, 5.74) is -2.50. The van der Waals surface area contributed by atoms with Crippen molar-refractivity contribution in [1.29, 1.82) is 0 Å². The average Bonchev–Trinajstić information content (AvgIpc) is 2.71. The van der Waals surface area contributed by atoms with Gasteiger partial charge in [-0.2, -0.15) is 16.1 Å². The monoisotopic (exact) mass is 497 g/mol. The van der Waals surface area contributed by atoms with Gasteiger partial charge in [-0.05, 0) is 56.4 Å². The minimum atomic E-state index is -4.09. The van der Waals surface area contributed by atoms with E-state index in [1.807, 2.05) is 0 Å². The zero-order valence-electron chi connectivity index (χ0n) is 20.1. The van der Waals surface area contributed by atoms with Crippen LogP contribution in [0.25, 0.3) is 0 Å². The molecule has 2 rings (SSSR count). The molecule has 1 aromatic rings. The van der Waals surface area contributed by atoms with E-state index in [1.54, 1.807) is 46.8 Å². The van der Waals surface area contributed by atoms with Gasteiger partial charge in [-0.3, -0.25) is 4.79 Å². The molecule has 0 saturated carbocycles. The Kier molecular flexibility index (Phi) is 8.91. The second-order valence-corrected chi connectivity index (χ2v) is 13.1. The number of carboxylic acids is 1. The average molecular weight is 498 g/mol. The van der Waals surface area contributed by atoms with Crippen LogP contribution in [0.1, 0.15) is 53.9 Å². The number of thioether (sulfide) groups is 1. The van der Waals surface area contributed by atoms with Crippen LogP contribution >= 0.6 is 11.8 Å². The molecule has 1 saturated heterocycles. The summed E-state index contributed by atoms with van der Waals surface area (Å²) < 4.78 is 33.3. The molecule has 0 spiro atoms. The summed E-state index contributed by atoms with van der Waals surface area (Å²) >= 11 is 1.49. The smallest absolute Gasteiger partial charge is 0.327 e. The molecule has 1 aliphatic heterocycles. The molecule has 7 nitrogen and oxygen atoms in total. The number of hydrogen-bond acceptors (Lipinski definition) is 6. The van der Waals surface area contributed by atoms with Crippen molar-refractivity contribution in [3.63, 3.8) is 0 Å². The van der Waals surface area contributed by atoms with Crippen molar-refractivity contribution in [3.05, 3.63) is 24.3 Å². The number of benzene rings is 1. The quantitative estimate of drug-likeness (QED) is 0.418. The zero-order valence-corrected chi connectivity index (χ0v) is 21.7. The van der Waals surface area contributed by atoms with Crippen molar-refractivity contribution in [2.45, 2.75) is 69.1 Å². The van der Waals surface area contributed by atoms with Gasteiger partial charge in [0.25, 0.3) is 0 Å². The van der Waals surface area contributed by atoms with Crippen LogP contribution < -0.4 is 4.74 Å². The van der Waals surface area contributed by atoms with Gasteiger partial charge < -0.3 is 14.9 Å². The molecule has 1 heterocycles. The molecule has 0 amide bonds. The van der Waals surface area contributed by atoms with Gasteiger partial charge in [-0.25, -0.2) is 8.42 Å². The van der Waals surface area contributed by atoms with Gasteiger partial charge in [0.15, 0.2) is 5.54 Å². The number of unbranched alkanes of at least 4 members (excludes halogenated alkanes) is 2. The van der Waals surface area contributed by atoms with Crippen LogP contribution in [0.2, 0.25) is 0 Å². The van der Waals surface area contributed by atoms with E-state index in [-0.39, 0.29) is 24.7 Å². The number of carboxylic acid groups (broad SMARTS) is 1. The number of carbonyl (C=O) groups is 1. The van der Waals surface area contributed by atoms with Crippen molar-refractivity contribution in [3.8, 4) is 17.6 Å². The fourth-order valence-corrected chi connectivity index (χ4v) is 8.31. The first kappa shape index (κ1) is 27.5. The Morgan fingerprint density at radius 2 is 1.82 bits per heavy atom. The Hall–Kier alpha value is -1.73. The molecule has 0 bridgehead atoms. The number of aliphatic hydroxyl groups is 1. The highest BCUT2D eigenvalue weighted by Gasteiger charge is 2.67. The number of aliphatic hydroxyl groups excluding tert-OH is 1. The van der Waals surface area contributed by atoms with Gasteiger partial charge in [0, 0.05) is 30.1 Å². The Morgan fingerprint density at radius 3 is 2.36 bits per heavy atom. The number of nitrogens with zero attached hydrogens (tertiary/aromatic N) is 1. The van der Waals surface area contributed by atoms with Crippen molar-refractivity contribution in [2.24, 2.45) is 5.41 Å². The Morgan fingerprint density at radius 1 is 1.18 bits per heavy atom. The standard InChI is InChI=1S/C24H35NO6S2/c1-22(2,3)24(21(27)28)23(4,5)32-18-15-25(24)33(29,30)20-13-11-19(12-14-20)31-17-10-8-6-7-9-16-26/h11-14,26H,6-7,9,15-18H2,1-5H3,(H,27,28)/t24-/m1/s1. The highest BCUT2D eigenvalue weighted by molar-refractivity contribution is 8.01.